The summed E-state index contributed by atoms with van der Waals surface area (Å²) in [7, 11) is 0. The van der Waals surface area contributed by atoms with E-state index in [-0.39, 0.29) is 5.60 Å². The Balaban J connectivity index is 1.65. The van der Waals surface area contributed by atoms with Crippen molar-refractivity contribution in [3.05, 3.63) is 0 Å². The quantitative estimate of drug-likeness (QED) is 0.771. The van der Waals surface area contributed by atoms with Crippen molar-refractivity contribution in [2.24, 2.45) is 23.2 Å². The topological polar surface area (TPSA) is 21.3 Å². The molecule has 4 aliphatic carbocycles. The highest BCUT2D eigenvalue weighted by molar-refractivity contribution is 5.10. The van der Waals surface area contributed by atoms with Crippen LogP contribution in [0.5, 0.6) is 0 Å². The van der Waals surface area contributed by atoms with Gasteiger partial charge in [0.1, 0.15) is 0 Å². The fraction of sp³-hybridized carbons (Fsp3) is 1.00. The fourth-order valence-electron chi connectivity index (χ4n) is 5.97. The largest absolute Gasteiger partial charge is 0.373 e. The molecule has 102 valence electrons. The smallest absolute Gasteiger partial charge is 0.0834 e. The van der Waals surface area contributed by atoms with Gasteiger partial charge in [-0.15, -0.1) is 0 Å². The lowest BCUT2D eigenvalue weighted by atomic mass is 9.45. The Morgan fingerprint density at radius 3 is 2.22 bits per heavy atom. The Morgan fingerprint density at radius 1 is 1.00 bits per heavy atom. The first-order valence-electron chi connectivity index (χ1n) is 8.04. The summed E-state index contributed by atoms with van der Waals surface area (Å²) < 4.78 is 6.41. The maximum atomic E-state index is 6.41. The molecule has 1 N–H and O–H groups in total. The van der Waals surface area contributed by atoms with E-state index in [2.05, 4.69) is 12.2 Å². The molecule has 2 nitrogen and oxygen atoms in total. The molecule has 5 rings (SSSR count). The van der Waals surface area contributed by atoms with Gasteiger partial charge in [-0.3, -0.25) is 0 Å². The van der Waals surface area contributed by atoms with Crippen molar-refractivity contribution in [1.82, 2.24) is 5.32 Å². The minimum Gasteiger partial charge on any atom is -0.373 e. The second kappa shape index (κ2) is 3.96. The summed E-state index contributed by atoms with van der Waals surface area (Å²) in [5.74, 6) is 3.08. The van der Waals surface area contributed by atoms with E-state index in [0.29, 0.717) is 5.41 Å². The van der Waals surface area contributed by atoms with E-state index >= 15 is 0 Å². The van der Waals surface area contributed by atoms with Crippen molar-refractivity contribution in [2.45, 2.75) is 57.5 Å². The van der Waals surface area contributed by atoms with Gasteiger partial charge in [0.2, 0.25) is 0 Å². The third-order valence-corrected chi connectivity index (χ3v) is 6.54. The van der Waals surface area contributed by atoms with Gasteiger partial charge in [-0.2, -0.15) is 0 Å². The lowest BCUT2D eigenvalue weighted by Gasteiger charge is -2.62. The van der Waals surface area contributed by atoms with Crippen molar-refractivity contribution in [3.8, 4) is 0 Å². The lowest BCUT2D eigenvalue weighted by molar-refractivity contribution is -0.190. The van der Waals surface area contributed by atoms with Crippen LogP contribution in [0.4, 0.5) is 0 Å². The lowest BCUT2D eigenvalue weighted by Crippen LogP contribution is -2.60. The highest BCUT2D eigenvalue weighted by Crippen LogP contribution is 2.64. The summed E-state index contributed by atoms with van der Waals surface area (Å²) in [5, 5.41) is 3.64. The first-order chi connectivity index (χ1) is 8.69. The molecule has 2 heteroatoms. The second-order valence-corrected chi connectivity index (χ2v) is 7.81. The normalized spacial score (nSPS) is 55.5. The molecule has 5 aliphatic rings. The molecular weight excluding hydrogens is 222 g/mol. The van der Waals surface area contributed by atoms with Crippen LogP contribution in [0.25, 0.3) is 0 Å². The maximum Gasteiger partial charge on any atom is 0.0834 e. The molecule has 1 saturated heterocycles. The summed E-state index contributed by atoms with van der Waals surface area (Å²) in [6.45, 7) is 5.60. The number of ether oxygens (including phenoxy) is 1. The summed E-state index contributed by atoms with van der Waals surface area (Å²) in [6.07, 6.45) is 10.1. The molecule has 1 heterocycles. The molecule has 4 bridgehead atoms. The third-order valence-electron chi connectivity index (χ3n) is 6.54. The SMILES string of the molecule is CC1(C23CC4CC(CC(C4)C2)C3)CNCCCO1. The minimum absolute atomic E-state index is 0.111. The van der Waals surface area contributed by atoms with Crippen LogP contribution < -0.4 is 5.32 Å². The van der Waals surface area contributed by atoms with Crippen LogP contribution in [0.2, 0.25) is 0 Å². The highest BCUT2D eigenvalue weighted by Gasteiger charge is 2.59. The Hall–Kier alpha value is -0.0800. The summed E-state index contributed by atoms with van der Waals surface area (Å²) in [6, 6.07) is 0. The molecule has 5 fully saturated rings. The van der Waals surface area contributed by atoms with Crippen molar-refractivity contribution >= 4 is 0 Å². The molecule has 0 radical (unpaired) electrons. The van der Waals surface area contributed by atoms with E-state index in [4.69, 9.17) is 4.74 Å². The Morgan fingerprint density at radius 2 is 1.61 bits per heavy atom. The average Bonchev–Trinajstić information content (AvgIpc) is 2.53. The van der Waals surface area contributed by atoms with E-state index in [1.165, 1.54) is 44.9 Å². The van der Waals surface area contributed by atoms with E-state index in [9.17, 15) is 0 Å². The Kier molecular flexibility index (Phi) is 2.58. The van der Waals surface area contributed by atoms with Gasteiger partial charge >= 0.3 is 0 Å². The van der Waals surface area contributed by atoms with Crippen molar-refractivity contribution in [3.63, 3.8) is 0 Å². The van der Waals surface area contributed by atoms with Gasteiger partial charge in [0.25, 0.3) is 0 Å². The van der Waals surface area contributed by atoms with Crippen LogP contribution in [0, 0.1) is 23.2 Å². The summed E-state index contributed by atoms with van der Waals surface area (Å²) >= 11 is 0. The third kappa shape index (κ3) is 1.61. The molecule has 4 saturated carbocycles. The monoisotopic (exact) mass is 249 g/mol. The van der Waals surface area contributed by atoms with E-state index in [1.807, 2.05) is 0 Å². The number of rotatable bonds is 1. The van der Waals surface area contributed by atoms with Gasteiger partial charge in [0, 0.05) is 18.6 Å². The molecule has 1 atom stereocenters. The molecule has 0 amide bonds. The Labute approximate surface area is 111 Å². The minimum atomic E-state index is 0.111. The molecular formula is C16H27NO. The standard InChI is InChI=1S/C16H27NO/c1-15(11-17-3-2-4-18-15)16-8-12-5-13(9-16)7-14(6-12)10-16/h12-14,17H,2-11H2,1H3. The van der Waals surface area contributed by atoms with Crippen LogP contribution in [-0.2, 0) is 4.74 Å². The van der Waals surface area contributed by atoms with E-state index < -0.39 is 0 Å². The Bertz CT molecular complexity index is 295. The molecule has 0 spiro atoms. The number of nitrogens with one attached hydrogen (secondary N) is 1. The molecule has 0 aromatic carbocycles. The first kappa shape index (κ1) is 11.7. The molecule has 18 heavy (non-hydrogen) atoms. The van der Waals surface area contributed by atoms with Crippen LogP contribution in [0.3, 0.4) is 0 Å². The number of hydrogen-bond acceptors (Lipinski definition) is 2. The highest BCUT2D eigenvalue weighted by atomic mass is 16.5. The van der Waals surface area contributed by atoms with E-state index in [0.717, 1.165) is 37.5 Å². The van der Waals surface area contributed by atoms with Gasteiger partial charge in [0.15, 0.2) is 0 Å². The number of hydrogen-bond donors (Lipinski definition) is 1. The zero-order chi connectivity index (χ0) is 12.2. The summed E-state index contributed by atoms with van der Waals surface area (Å²) in [5.41, 5.74) is 0.624. The van der Waals surface area contributed by atoms with Crippen LogP contribution in [0.1, 0.15) is 51.9 Å². The molecule has 0 aromatic rings. The predicted octanol–water partition coefficient (Wildman–Crippen LogP) is 2.97. The van der Waals surface area contributed by atoms with Gasteiger partial charge in [-0.1, -0.05) is 0 Å². The summed E-state index contributed by atoms with van der Waals surface area (Å²) in [4.78, 5) is 0. The molecule has 0 aromatic heterocycles. The van der Waals surface area contributed by atoms with Crippen LogP contribution in [0.15, 0.2) is 0 Å². The van der Waals surface area contributed by atoms with Gasteiger partial charge in [0.05, 0.1) is 5.60 Å². The van der Waals surface area contributed by atoms with Crippen molar-refractivity contribution < 1.29 is 4.74 Å². The van der Waals surface area contributed by atoms with Gasteiger partial charge in [-0.25, -0.2) is 0 Å². The van der Waals surface area contributed by atoms with Gasteiger partial charge in [-0.05, 0) is 76.2 Å². The van der Waals surface area contributed by atoms with Gasteiger partial charge < -0.3 is 10.1 Å². The maximum absolute atomic E-state index is 6.41. The zero-order valence-corrected chi connectivity index (χ0v) is 11.7. The predicted molar refractivity (Wildman–Crippen MR) is 72.4 cm³/mol. The van der Waals surface area contributed by atoms with Crippen molar-refractivity contribution in [1.29, 1.82) is 0 Å². The van der Waals surface area contributed by atoms with Crippen LogP contribution in [-0.4, -0.2) is 25.3 Å². The average molecular weight is 249 g/mol. The first-order valence-corrected chi connectivity index (χ1v) is 8.04. The molecule has 1 aliphatic heterocycles. The van der Waals surface area contributed by atoms with Crippen molar-refractivity contribution in [2.75, 3.05) is 19.7 Å². The second-order valence-electron chi connectivity index (χ2n) is 7.81. The zero-order valence-electron chi connectivity index (χ0n) is 11.7. The van der Waals surface area contributed by atoms with E-state index in [1.54, 1.807) is 0 Å². The molecule has 1 unspecified atom stereocenters. The fourth-order valence-corrected chi connectivity index (χ4v) is 5.97. The van der Waals surface area contributed by atoms with Crippen LogP contribution >= 0.6 is 0 Å².